The minimum Gasteiger partial charge on any atom is -0.480 e. The molecule has 5 atom stereocenters. The standard InChI is InChI=1S/C29H43Br3N6O7/c1-7-15(4)22(35-26(41)23-20(30)21(31)24(32)37(23)6)28(43)36(5)18(13-14(2)3)27(42)38-12-8-9-17(38)25(40)34-16(29(44)45)10-11-19(33)39/h14-18,22H,7-13H2,1-6H3,(H2,33,39)(H,34,40)(H,35,41)(H,44,45)/t15-,16-,17-,18-,22-/m0/s1. The summed E-state index contributed by atoms with van der Waals surface area (Å²) in [6.45, 7) is 7.84. The third-order valence-corrected chi connectivity index (χ3v) is 11.7. The summed E-state index contributed by atoms with van der Waals surface area (Å²) in [5, 5.41) is 14.9. The summed E-state index contributed by atoms with van der Waals surface area (Å²) in [6.07, 6.45) is 1.29. The zero-order valence-electron chi connectivity index (χ0n) is 26.4. The Balaban J connectivity index is 2.34. The van der Waals surface area contributed by atoms with Crippen LogP contribution in [0.5, 0.6) is 0 Å². The van der Waals surface area contributed by atoms with Crippen molar-refractivity contribution in [3.63, 3.8) is 0 Å². The van der Waals surface area contributed by atoms with E-state index in [0.717, 1.165) is 0 Å². The Labute approximate surface area is 288 Å². The number of carboxylic acids is 1. The maximum Gasteiger partial charge on any atom is 0.326 e. The second-order valence-electron chi connectivity index (χ2n) is 11.9. The number of aliphatic carboxylic acids is 1. The van der Waals surface area contributed by atoms with Crippen LogP contribution in [0.2, 0.25) is 0 Å². The van der Waals surface area contributed by atoms with Gasteiger partial charge in [-0.2, -0.15) is 0 Å². The zero-order chi connectivity index (χ0) is 34.3. The minimum atomic E-state index is -1.34. The van der Waals surface area contributed by atoms with Gasteiger partial charge in [-0.25, -0.2) is 4.79 Å². The van der Waals surface area contributed by atoms with Crippen molar-refractivity contribution in [3.05, 3.63) is 19.2 Å². The summed E-state index contributed by atoms with van der Waals surface area (Å²) in [5.74, 6) is -4.29. The van der Waals surface area contributed by atoms with E-state index in [1.165, 1.54) is 16.8 Å². The second kappa shape index (κ2) is 16.9. The molecule has 1 aromatic heterocycles. The van der Waals surface area contributed by atoms with Crippen LogP contribution in [0.3, 0.4) is 0 Å². The molecule has 5 N–H and O–H groups in total. The number of nitrogens with two attached hydrogens (primary N) is 1. The van der Waals surface area contributed by atoms with Crippen LogP contribution in [-0.4, -0.2) is 92.7 Å². The Hall–Kier alpha value is -2.46. The van der Waals surface area contributed by atoms with Gasteiger partial charge >= 0.3 is 5.97 Å². The molecule has 0 radical (unpaired) electrons. The van der Waals surface area contributed by atoms with Crippen molar-refractivity contribution >= 4 is 83.3 Å². The number of hydrogen-bond acceptors (Lipinski definition) is 6. The molecule has 1 saturated heterocycles. The summed E-state index contributed by atoms with van der Waals surface area (Å²) in [5.41, 5.74) is 5.45. The van der Waals surface area contributed by atoms with Gasteiger partial charge in [-0.15, -0.1) is 0 Å². The number of nitrogens with one attached hydrogen (secondary N) is 2. The Bertz CT molecular complexity index is 1280. The highest BCUT2D eigenvalue weighted by molar-refractivity contribution is 9.14. The van der Waals surface area contributed by atoms with E-state index in [9.17, 15) is 33.9 Å². The van der Waals surface area contributed by atoms with Crippen molar-refractivity contribution in [3.8, 4) is 0 Å². The Morgan fingerprint density at radius 1 is 1.07 bits per heavy atom. The molecule has 1 aromatic rings. The van der Waals surface area contributed by atoms with Crippen molar-refractivity contribution < 1.29 is 33.9 Å². The molecule has 252 valence electrons. The average molecular weight is 827 g/mol. The number of likely N-dealkylation sites (N-methyl/N-ethyl adjacent to an activating group) is 1. The number of carbonyl (C=O) groups is 6. The van der Waals surface area contributed by atoms with Crippen molar-refractivity contribution in [1.29, 1.82) is 0 Å². The molecule has 1 fully saturated rings. The van der Waals surface area contributed by atoms with Gasteiger partial charge in [0.15, 0.2) is 0 Å². The molecule has 16 heteroatoms. The highest BCUT2D eigenvalue weighted by Gasteiger charge is 2.42. The minimum absolute atomic E-state index is 0.0000611. The fourth-order valence-corrected chi connectivity index (χ4v) is 7.01. The lowest BCUT2D eigenvalue weighted by Gasteiger charge is -2.36. The van der Waals surface area contributed by atoms with Gasteiger partial charge in [0.2, 0.25) is 23.6 Å². The number of carboxylic acid groups (broad SMARTS) is 1. The van der Waals surface area contributed by atoms with Crippen LogP contribution in [0.25, 0.3) is 0 Å². The van der Waals surface area contributed by atoms with Gasteiger partial charge in [0.05, 0.1) is 8.95 Å². The normalized spacial score (nSPS) is 17.4. The molecule has 13 nitrogen and oxygen atoms in total. The lowest BCUT2D eigenvalue weighted by atomic mass is 9.95. The summed E-state index contributed by atoms with van der Waals surface area (Å²) in [6, 6.07) is -4.18. The molecule has 0 unspecified atom stereocenters. The number of nitrogens with zero attached hydrogens (tertiary/aromatic N) is 3. The van der Waals surface area contributed by atoms with E-state index < -0.39 is 59.7 Å². The van der Waals surface area contributed by atoms with E-state index >= 15 is 0 Å². The first-order valence-electron chi connectivity index (χ1n) is 14.8. The first-order chi connectivity index (χ1) is 20.9. The molecule has 0 saturated carbocycles. The molecule has 2 heterocycles. The van der Waals surface area contributed by atoms with E-state index in [1.54, 1.807) is 11.6 Å². The molecule has 1 aliphatic heterocycles. The van der Waals surface area contributed by atoms with E-state index in [1.807, 2.05) is 27.7 Å². The molecule has 5 amide bonds. The Kier molecular flexibility index (Phi) is 14.6. The van der Waals surface area contributed by atoms with Crippen LogP contribution in [0, 0.1) is 11.8 Å². The topological polar surface area (TPSA) is 184 Å². The number of aromatic nitrogens is 1. The highest BCUT2D eigenvalue weighted by Crippen LogP contribution is 2.36. The third-order valence-electron chi connectivity index (χ3n) is 8.12. The van der Waals surface area contributed by atoms with Crippen molar-refractivity contribution in [2.45, 2.75) is 90.4 Å². The number of rotatable bonds is 15. The van der Waals surface area contributed by atoms with Crippen LogP contribution in [0.4, 0.5) is 0 Å². The van der Waals surface area contributed by atoms with Crippen LogP contribution < -0.4 is 16.4 Å². The average Bonchev–Trinajstić information content (AvgIpc) is 3.54. The molecule has 0 spiro atoms. The first kappa shape index (κ1) is 38.7. The number of likely N-dealkylation sites (tertiary alicyclic amines) is 1. The molecular weight excluding hydrogens is 784 g/mol. The molecule has 2 rings (SSSR count). The van der Waals surface area contributed by atoms with Gasteiger partial charge in [0.25, 0.3) is 5.91 Å². The fourth-order valence-electron chi connectivity index (χ4n) is 5.28. The van der Waals surface area contributed by atoms with Crippen LogP contribution in [-0.2, 0) is 31.0 Å². The van der Waals surface area contributed by atoms with Crippen molar-refractivity contribution in [2.75, 3.05) is 13.6 Å². The monoisotopic (exact) mass is 824 g/mol. The Morgan fingerprint density at radius 3 is 2.18 bits per heavy atom. The number of halogens is 3. The number of amides is 5. The summed E-state index contributed by atoms with van der Waals surface area (Å²) < 4.78 is 3.44. The predicted octanol–water partition coefficient (Wildman–Crippen LogP) is 3.16. The van der Waals surface area contributed by atoms with E-state index in [4.69, 9.17) is 5.73 Å². The quantitative estimate of drug-likeness (QED) is 0.209. The number of hydrogen-bond donors (Lipinski definition) is 4. The fraction of sp³-hybridized carbons (Fsp3) is 0.655. The van der Waals surface area contributed by atoms with Gasteiger partial charge in [0.1, 0.15) is 34.5 Å². The molecule has 1 aliphatic rings. The molecule has 45 heavy (non-hydrogen) atoms. The summed E-state index contributed by atoms with van der Waals surface area (Å²) in [4.78, 5) is 80.5. The van der Waals surface area contributed by atoms with E-state index in [-0.39, 0.29) is 31.2 Å². The van der Waals surface area contributed by atoms with Crippen LogP contribution in [0.15, 0.2) is 13.5 Å². The zero-order valence-corrected chi connectivity index (χ0v) is 31.1. The Morgan fingerprint density at radius 2 is 1.69 bits per heavy atom. The van der Waals surface area contributed by atoms with Gasteiger partial charge in [-0.05, 0) is 85.3 Å². The summed E-state index contributed by atoms with van der Waals surface area (Å²) in [7, 11) is 3.23. The van der Waals surface area contributed by atoms with Gasteiger partial charge in [-0.3, -0.25) is 24.0 Å². The number of carbonyl (C=O) groups excluding carboxylic acids is 5. The maximum atomic E-state index is 14.1. The molecule has 0 aromatic carbocycles. The first-order valence-corrected chi connectivity index (χ1v) is 17.2. The van der Waals surface area contributed by atoms with Crippen LogP contribution >= 0.6 is 47.8 Å². The maximum absolute atomic E-state index is 14.1. The molecule has 0 bridgehead atoms. The lowest BCUT2D eigenvalue weighted by molar-refractivity contribution is -0.150. The highest BCUT2D eigenvalue weighted by atomic mass is 79.9. The van der Waals surface area contributed by atoms with Gasteiger partial charge in [0, 0.05) is 27.1 Å². The summed E-state index contributed by atoms with van der Waals surface area (Å²) >= 11 is 10.3. The SMILES string of the molecule is CC[C@H](C)[C@H](NC(=O)c1c(Br)c(Br)c(Br)n1C)C(=O)N(C)[C@@H](CC(C)C)C(=O)N1CCC[C@H]1C(=O)N[C@@H](CCC(N)=O)C(=O)O. The van der Waals surface area contributed by atoms with Crippen molar-refractivity contribution in [1.82, 2.24) is 25.0 Å². The molecular formula is C29H43Br3N6O7. The van der Waals surface area contributed by atoms with E-state index in [2.05, 4.69) is 58.4 Å². The lowest BCUT2D eigenvalue weighted by Crippen LogP contribution is -2.59. The van der Waals surface area contributed by atoms with Crippen molar-refractivity contribution in [2.24, 2.45) is 24.6 Å². The van der Waals surface area contributed by atoms with Gasteiger partial charge in [-0.1, -0.05) is 34.1 Å². The largest absolute Gasteiger partial charge is 0.480 e. The predicted molar refractivity (Wildman–Crippen MR) is 178 cm³/mol. The molecule has 0 aliphatic carbocycles. The third kappa shape index (κ3) is 9.53. The second-order valence-corrected chi connectivity index (χ2v) is 14.2. The van der Waals surface area contributed by atoms with Crippen LogP contribution in [0.1, 0.15) is 76.7 Å². The number of primary amides is 1. The van der Waals surface area contributed by atoms with Gasteiger partial charge < -0.3 is 35.8 Å². The smallest absolute Gasteiger partial charge is 0.326 e. The van der Waals surface area contributed by atoms with E-state index in [0.29, 0.717) is 44.9 Å².